The van der Waals surface area contributed by atoms with Gasteiger partial charge in [0.2, 0.25) is 0 Å². The van der Waals surface area contributed by atoms with E-state index in [-0.39, 0.29) is 0 Å². The number of thiocarbonyl (C=S) groups is 1. The molecule has 0 unspecified atom stereocenters. The third kappa shape index (κ3) is 2.73. The summed E-state index contributed by atoms with van der Waals surface area (Å²) in [6.45, 7) is 1.53. The number of para-hydroxylation sites is 1. The SMILES string of the molecule is C[C@@H]1O[C@@](N=C=S)(Oc2ccccc2)[C@@H](O)[C@H](O)[C@@H]1O. The average Bonchev–Trinajstić information content (AvgIpc) is 2.44. The van der Waals surface area contributed by atoms with Gasteiger partial charge in [-0.25, -0.2) is 0 Å². The molecule has 20 heavy (non-hydrogen) atoms. The van der Waals surface area contributed by atoms with Crippen molar-refractivity contribution in [1.29, 1.82) is 0 Å². The van der Waals surface area contributed by atoms with Gasteiger partial charge in [0.05, 0.1) is 11.3 Å². The first-order valence-corrected chi connectivity index (χ1v) is 6.46. The molecule has 0 bridgehead atoms. The van der Waals surface area contributed by atoms with Crippen molar-refractivity contribution in [3.05, 3.63) is 30.3 Å². The highest BCUT2D eigenvalue weighted by molar-refractivity contribution is 7.78. The van der Waals surface area contributed by atoms with Gasteiger partial charge >= 0.3 is 5.91 Å². The Morgan fingerprint density at radius 3 is 2.50 bits per heavy atom. The molecular weight excluding hydrogens is 282 g/mol. The van der Waals surface area contributed by atoms with Gasteiger partial charge in [-0.3, -0.25) is 0 Å². The van der Waals surface area contributed by atoms with Crippen LogP contribution in [0.2, 0.25) is 0 Å². The Morgan fingerprint density at radius 1 is 1.25 bits per heavy atom. The molecule has 1 saturated heterocycles. The molecule has 0 aliphatic carbocycles. The zero-order valence-electron chi connectivity index (χ0n) is 10.7. The molecule has 1 aromatic carbocycles. The molecule has 1 heterocycles. The predicted octanol–water partition coefficient (Wildman–Crippen LogP) is 0.323. The van der Waals surface area contributed by atoms with Crippen LogP contribution in [-0.4, -0.2) is 50.8 Å². The Morgan fingerprint density at radius 2 is 1.90 bits per heavy atom. The van der Waals surface area contributed by atoms with Gasteiger partial charge in [0, 0.05) is 0 Å². The van der Waals surface area contributed by atoms with Gasteiger partial charge in [0.1, 0.15) is 18.0 Å². The second kappa shape index (κ2) is 5.97. The number of rotatable bonds is 3. The van der Waals surface area contributed by atoms with Crippen LogP contribution in [0, 0.1) is 0 Å². The Bertz CT molecular complexity index is 507. The van der Waals surface area contributed by atoms with Crippen LogP contribution < -0.4 is 4.74 Å². The van der Waals surface area contributed by atoms with E-state index in [0.29, 0.717) is 5.75 Å². The number of hydrogen-bond acceptors (Lipinski definition) is 7. The molecule has 3 N–H and O–H groups in total. The van der Waals surface area contributed by atoms with E-state index in [9.17, 15) is 15.3 Å². The van der Waals surface area contributed by atoms with Crippen LogP contribution in [0.1, 0.15) is 6.92 Å². The molecule has 1 aliphatic heterocycles. The van der Waals surface area contributed by atoms with Crippen molar-refractivity contribution >= 4 is 17.4 Å². The van der Waals surface area contributed by atoms with Gasteiger partial charge < -0.3 is 24.8 Å². The molecule has 0 radical (unpaired) electrons. The molecular formula is C13H15NO5S. The molecule has 0 amide bonds. The third-order valence-corrected chi connectivity index (χ3v) is 3.18. The summed E-state index contributed by atoms with van der Waals surface area (Å²) in [6, 6.07) is 8.53. The van der Waals surface area contributed by atoms with E-state index in [0.717, 1.165) is 0 Å². The standard InChI is InChI=1S/C13H15NO5S/c1-8-10(15)11(16)12(17)13(18-8,14-7-20)19-9-5-3-2-4-6-9/h2-6,8,10-12,15-17H,1H3/t8-,10+,11+,12-,13+/m0/s1. The van der Waals surface area contributed by atoms with E-state index in [4.69, 9.17) is 9.47 Å². The largest absolute Gasteiger partial charge is 0.440 e. The molecule has 1 aromatic rings. The molecule has 108 valence electrons. The van der Waals surface area contributed by atoms with Gasteiger partial charge in [0.25, 0.3) is 0 Å². The zero-order chi connectivity index (χ0) is 14.8. The summed E-state index contributed by atoms with van der Waals surface area (Å²) in [7, 11) is 0. The van der Waals surface area contributed by atoms with E-state index in [2.05, 4.69) is 22.4 Å². The van der Waals surface area contributed by atoms with Gasteiger partial charge in [-0.05, 0) is 31.3 Å². The van der Waals surface area contributed by atoms with Gasteiger partial charge in [-0.2, -0.15) is 4.99 Å². The Labute approximate surface area is 121 Å². The molecule has 2 rings (SSSR count). The molecule has 7 heteroatoms. The van der Waals surface area contributed by atoms with E-state index in [1.54, 1.807) is 30.3 Å². The van der Waals surface area contributed by atoms with E-state index in [1.165, 1.54) is 6.92 Å². The first-order valence-electron chi connectivity index (χ1n) is 6.05. The summed E-state index contributed by atoms with van der Waals surface area (Å²) in [5.74, 6) is -1.56. The first kappa shape index (κ1) is 15.1. The molecule has 0 saturated carbocycles. The number of isothiocyanates is 1. The Hall–Kier alpha value is -1.34. The molecule has 0 spiro atoms. The summed E-state index contributed by atoms with van der Waals surface area (Å²) in [6.07, 6.45) is -5.14. The topological polar surface area (TPSA) is 91.5 Å². The van der Waals surface area contributed by atoms with Crippen molar-refractivity contribution in [2.45, 2.75) is 37.3 Å². The quantitative estimate of drug-likeness (QED) is 0.550. The minimum atomic E-state index is -1.93. The lowest BCUT2D eigenvalue weighted by molar-refractivity contribution is -0.326. The summed E-state index contributed by atoms with van der Waals surface area (Å²) in [5, 5.41) is 31.8. The Kier molecular flexibility index (Phi) is 4.49. The molecule has 1 aliphatic rings. The van der Waals surface area contributed by atoms with Crippen molar-refractivity contribution in [3.8, 4) is 5.75 Å². The van der Waals surface area contributed by atoms with Crippen molar-refractivity contribution in [3.63, 3.8) is 0 Å². The fourth-order valence-electron chi connectivity index (χ4n) is 2.01. The van der Waals surface area contributed by atoms with Crippen LogP contribution in [-0.2, 0) is 4.74 Å². The number of benzene rings is 1. The van der Waals surface area contributed by atoms with Crippen LogP contribution in [0.3, 0.4) is 0 Å². The minimum Gasteiger partial charge on any atom is -0.440 e. The summed E-state index contributed by atoms with van der Waals surface area (Å²) in [4.78, 5) is 3.73. The highest BCUT2D eigenvalue weighted by Crippen LogP contribution is 2.33. The van der Waals surface area contributed by atoms with Crippen LogP contribution >= 0.6 is 12.2 Å². The normalized spacial score (nSPS) is 37.0. The number of ether oxygens (including phenoxy) is 2. The van der Waals surface area contributed by atoms with Crippen molar-refractivity contribution in [2.75, 3.05) is 0 Å². The lowest BCUT2D eigenvalue weighted by atomic mass is 9.97. The second-order valence-corrected chi connectivity index (χ2v) is 4.68. The van der Waals surface area contributed by atoms with Gasteiger partial charge in [-0.15, -0.1) is 0 Å². The molecule has 5 atom stereocenters. The highest BCUT2D eigenvalue weighted by Gasteiger charge is 2.55. The predicted molar refractivity (Wildman–Crippen MR) is 73.4 cm³/mol. The number of hydrogen-bond donors (Lipinski definition) is 3. The summed E-state index contributed by atoms with van der Waals surface area (Å²) >= 11 is 4.55. The summed E-state index contributed by atoms with van der Waals surface area (Å²) < 4.78 is 11.0. The molecule has 0 aromatic heterocycles. The summed E-state index contributed by atoms with van der Waals surface area (Å²) in [5.41, 5.74) is 0. The maximum atomic E-state index is 10.1. The number of aliphatic hydroxyl groups is 3. The first-order chi connectivity index (χ1) is 9.50. The van der Waals surface area contributed by atoms with Crippen LogP contribution in [0.5, 0.6) is 5.75 Å². The van der Waals surface area contributed by atoms with E-state index in [1.807, 2.05) is 0 Å². The molecule has 6 nitrogen and oxygen atoms in total. The fourth-order valence-corrected chi connectivity index (χ4v) is 2.13. The van der Waals surface area contributed by atoms with Gasteiger partial charge in [0.15, 0.2) is 6.10 Å². The van der Waals surface area contributed by atoms with Gasteiger partial charge in [-0.1, -0.05) is 18.2 Å². The minimum absolute atomic E-state index is 0.372. The third-order valence-electron chi connectivity index (χ3n) is 3.09. The highest BCUT2D eigenvalue weighted by atomic mass is 32.1. The number of aliphatic imine (C=N–C) groups is 1. The monoisotopic (exact) mass is 297 g/mol. The van der Waals surface area contributed by atoms with Crippen molar-refractivity contribution < 1.29 is 24.8 Å². The lowest BCUT2D eigenvalue weighted by Gasteiger charge is -2.44. The van der Waals surface area contributed by atoms with E-state index >= 15 is 0 Å². The second-order valence-electron chi connectivity index (χ2n) is 4.50. The number of aliphatic hydroxyl groups excluding tert-OH is 3. The van der Waals surface area contributed by atoms with E-state index < -0.39 is 30.3 Å². The zero-order valence-corrected chi connectivity index (χ0v) is 11.5. The maximum absolute atomic E-state index is 10.1. The van der Waals surface area contributed by atoms with Crippen molar-refractivity contribution in [1.82, 2.24) is 0 Å². The Balaban J connectivity index is 2.36. The molecule has 1 fully saturated rings. The van der Waals surface area contributed by atoms with Crippen LogP contribution in [0.15, 0.2) is 35.3 Å². The fraction of sp³-hybridized carbons (Fsp3) is 0.462. The number of nitrogens with zero attached hydrogens (tertiary/aromatic N) is 1. The van der Waals surface area contributed by atoms with Crippen LogP contribution in [0.25, 0.3) is 0 Å². The average molecular weight is 297 g/mol. The lowest BCUT2D eigenvalue weighted by Crippen LogP contribution is -2.65. The van der Waals surface area contributed by atoms with Crippen LogP contribution in [0.4, 0.5) is 0 Å². The smallest absolute Gasteiger partial charge is 0.351 e. The van der Waals surface area contributed by atoms with Crippen molar-refractivity contribution in [2.24, 2.45) is 4.99 Å². The maximum Gasteiger partial charge on any atom is 0.351 e.